The zero-order chi connectivity index (χ0) is 11.5. The number of nitrogens with two attached hydrogens (primary N) is 1. The Labute approximate surface area is 90.5 Å². The van der Waals surface area contributed by atoms with Crippen LogP contribution in [0.1, 0.15) is 26.2 Å². The van der Waals surface area contributed by atoms with Crippen LogP contribution in [-0.2, 0) is 14.3 Å². The van der Waals surface area contributed by atoms with E-state index in [4.69, 9.17) is 15.2 Å². The van der Waals surface area contributed by atoms with E-state index in [1.165, 1.54) is 0 Å². The van der Waals surface area contributed by atoms with E-state index in [2.05, 4.69) is 0 Å². The van der Waals surface area contributed by atoms with Crippen molar-refractivity contribution < 1.29 is 19.4 Å². The fraction of sp³-hybridized carbons (Fsp3) is 0.900. The minimum atomic E-state index is -1.00. The van der Waals surface area contributed by atoms with Crippen LogP contribution in [0.5, 0.6) is 0 Å². The second-order valence-corrected chi connectivity index (χ2v) is 3.23. The Morgan fingerprint density at radius 1 is 1.40 bits per heavy atom. The summed E-state index contributed by atoms with van der Waals surface area (Å²) in [5.74, 6) is -0.570. The largest absolute Gasteiger partial charge is 0.461 e. The van der Waals surface area contributed by atoms with Gasteiger partial charge in [0.25, 0.3) is 0 Å². The molecule has 0 radical (unpaired) electrons. The molecule has 3 N–H and O–H groups in total. The van der Waals surface area contributed by atoms with Gasteiger partial charge in [-0.3, -0.25) is 0 Å². The maximum Gasteiger partial charge on any atom is 0.335 e. The molecule has 0 amide bonds. The van der Waals surface area contributed by atoms with Crippen LogP contribution in [-0.4, -0.2) is 43.5 Å². The van der Waals surface area contributed by atoms with Gasteiger partial charge in [-0.1, -0.05) is 19.8 Å². The molecule has 15 heavy (non-hydrogen) atoms. The second-order valence-electron chi connectivity index (χ2n) is 3.23. The van der Waals surface area contributed by atoms with Crippen LogP contribution in [0, 0.1) is 0 Å². The maximum atomic E-state index is 11.1. The number of unbranched alkanes of at least 4 members (excludes halogenated alkanes) is 1. The summed E-state index contributed by atoms with van der Waals surface area (Å²) in [6, 6.07) is 0. The summed E-state index contributed by atoms with van der Waals surface area (Å²) >= 11 is 0. The zero-order valence-corrected chi connectivity index (χ0v) is 9.28. The highest BCUT2D eigenvalue weighted by Crippen LogP contribution is 2.01. The van der Waals surface area contributed by atoms with E-state index >= 15 is 0 Å². The molecule has 0 saturated carbocycles. The van der Waals surface area contributed by atoms with Gasteiger partial charge in [0.15, 0.2) is 6.10 Å². The van der Waals surface area contributed by atoms with Gasteiger partial charge in [0, 0.05) is 6.54 Å². The zero-order valence-electron chi connectivity index (χ0n) is 9.28. The number of rotatable bonds is 9. The molecule has 0 aromatic carbocycles. The summed E-state index contributed by atoms with van der Waals surface area (Å²) in [5.41, 5.74) is 5.20. The fourth-order valence-corrected chi connectivity index (χ4v) is 0.998. The summed E-state index contributed by atoms with van der Waals surface area (Å²) in [6.45, 7) is 3.40. The van der Waals surface area contributed by atoms with Crippen molar-refractivity contribution in [1.29, 1.82) is 0 Å². The van der Waals surface area contributed by atoms with Crippen molar-refractivity contribution in [3.8, 4) is 0 Å². The molecule has 0 aliphatic carbocycles. The molecule has 90 valence electrons. The quantitative estimate of drug-likeness (QED) is 0.423. The normalized spacial score (nSPS) is 12.5. The van der Waals surface area contributed by atoms with Crippen LogP contribution in [0.3, 0.4) is 0 Å². The third kappa shape index (κ3) is 8.35. The molecule has 0 bridgehead atoms. The Morgan fingerprint density at radius 2 is 2.13 bits per heavy atom. The van der Waals surface area contributed by atoms with Gasteiger partial charge in [-0.15, -0.1) is 0 Å². The Balaban J connectivity index is 3.38. The van der Waals surface area contributed by atoms with Gasteiger partial charge in [0.1, 0.15) is 6.61 Å². The lowest BCUT2D eigenvalue weighted by Gasteiger charge is -2.10. The maximum absolute atomic E-state index is 11.1. The van der Waals surface area contributed by atoms with Crippen molar-refractivity contribution in [2.45, 2.75) is 32.3 Å². The Bertz CT molecular complexity index is 164. The number of aliphatic hydroxyl groups is 1. The van der Waals surface area contributed by atoms with Crippen LogP contribution in [0.4, 0.5) is 0 Å². The number of hydrogen-bond donors (Lipinski definition) is 2. The number of hydrogen-bond acceptors (Lipinski definition) is 5. The molecule has 1 atom stereocenters. The Hall–Kier alpha value is -0.650. The Kier molecular flexibility index (Phi) is 9.46. The molecule has 0 saturated heterocycles. The smallest absolute Gasteiger partial charge is 0.335 e. The van der Waals surface area contributed by atoms with E-state index in [1.807, 2.05) is 6.92 Å². The van der Waals surface area contributed by atoms with E-state index in [1.54, 1.807) is 0 Å². The van der Waals surface area contributed by atoms with Crippen molar-refractivity contribution in [2.75, 3.05) is 26.4 Å². The topological polar surface area (TPSA) is 81.8 Å². The van der Waals surface area contributed by atoms with Crippen LogP contribution in [0.2, 0.25) is 0 Å². The first-order chi connectivity index (χ1) is 7.22. The number of esters is 1. The van der Waals surface area contributed by atoms with Crippen LogP contribution < -0.4 is 5.73 Å². The van der Waals surface area contributed by atoms with E-state index < -0.39 is 12.1 Å². The van der Waals surface area contributed by atoms with Gasteiger partial charge < -0.3 is 20.3 Å². The highest BCUT2D eigenvalue weighted by molar-refractivity contribution is 5.74. The van der Waals surface area contributed by atoms with E-state index in [0.717, 1.165) is 12.8 Å². The van der Waals surface area contributed by atoms with Gasteiger partial charge in [0.2, 0.25) is 0 Å². The van der Waals surface area contributed by atoms with Crippen molar-refractivity contribution in [3.05, 3.63) is 0 Å². The van der Waals surface area contributed by atoms with Gasteiger partial charge in [-0.2, -0.15) is 0 Å². The molecule has 5 heteroatoms. The average molecular weight is 219 g/mol. The molecule has 0 rings (SSSR count). The number of ether oxygens (including phenoxy) is 2. The molecule has 0 aliphatic heterocycles. The second kappa shape index (κ2) is 9.89. The predicted molar refractivity (Wildman–Crippen MR) is 56.4 cm³/mol. The standard InChI is InChI=1S/C10H21NO4/c1-2-3-4-9(12)10(13)15-8-7-14-6-5-11/h9,12H,2-8,11H2,1H3. The van der Waals surface area contributed by atoms with Crippen molar-refractivity contribution >= 4 is 5.97 Å². The summed E-state index contributed by atoms with van der Waals surface area (Å²) < 4.78 is 9.80. The molecule has 5 nitrogen and oxygen atoms in total. The van der Waals surface area contributed by atoms with Gasteiger partial charge >= 0.3 is 5.97 Å². The third-order valence-corrected chi connectivity index (χ3v) is 1.84. The molecule has 0 fully saturated rings. The van der Waals surface area contributed by atoms with Crippen molar-refractivity contribution in [3.63, 3.8) is 0 Å². The van der Waals surface area contributed by atoms with E-state index in [0.29, 0.717) is 26.2 Å². The van der Waals surface area contributed by atoms with Gasteiger partial charge in [0.05, 0.1) is 13.2 Å². The van der Waals surface area contributed by atoms with Crippen LogP contribution in [0.25, 0.3) is 0 Å². The van der Waals surface area contributed by atoms with E-state index in [-0.39, 0.29) is 6.61 Å². The monoisotopic (exact) mass is 219 g/mol. The number of carbonyl (C=O) groups excluding carboxylic acids is 1. The summed E-state index contributed by atoms with van der Waals surface area (Å²) in [5, 5.41) is 9.32. The highest BCUT2D eigenvalue weighted by atomic mass is 16.6. The van der Waals surface area contributed by atoms with E-state index in [9.17, 15) is 9.90 Å². The highest BCUT2D eigenvalue weighted by Gasteiger charge is 2.15. The number of aliphatic hydroxyl groups excluding tert-OH is 1. The van der Waals surface area contributed by atoms with Crippen LogP contribution >= 0.6 is 0 Å². The first kappa shape index (κ1) is 14.3. The first-order valence-corrected chi connectivity index (χ1v) is 5.34. The van der Waals surface area contributed by atoms with Gasteiger partial charge in [-0.25, -0.2) is 4.79 Å². The lowest BCUT2D eigenvalue weighted by atomic mass is 10.2. The van der Waals surface area contributed by atoms with Gasteiger partial charge in [-0.05, 0) is 6.42 Å². The minimum Gasteiger partial charge on any atom is -0.461 e. The van der Waals surface area contributed by atoms with Crippen molar-refractivity contribution in [1.82, 2.24) is 0 Å². The SMILES string of the molecule is CCCCC(O)C(=O)OCCOCCN. The third-order valence-electron chi connectivity index (χ3n) is 1.84. The molecule has 0 spiro atoms. The molecule has 0 aromatic heterocycles. The summed E-state index contributed by atoms with van der Waals surface area (Å²) in [4.78, 5) is 11.1. The Morgan fingerprint density at radius 3 is 2.73 bits per heavy atom. The lowest BCUT2D eigenvalue weighted by Crippen LogP contribution is -2.24. The lowest BCUT2D eigenvalue weighted by molar-refractivity contribution is -0.155. The fourth-order valence-electron chi connectivity index (χ4n) is 0.998. The summed E-state index contributed by atoms with van der Waals surface area (Å²) in [7, 11) is 0. The predicted octanol–water partition coefficient (Wildman–Crippen LogP) is 0.0560. The minimum absolute atomic E-state index is 0.169. The van der Waals surface area contributed by atoms with Crippen LogP contribution in [0.15, 0.2) is 0 Å². The van der Waals surface area contributed by atoms with Crippen molar-refractivity contribution in [2.24, 2.45) is 5.73 Å². The molecule has 0 aromatic rings. The average Bonchev–Trinajstić information content (AvgIpc) is 2.25. The first-order valence-electron chi connectivity index (χ1n) is 5.34. The number of carbonyl (C=O) groups is 1. The molecule has 0 heterocycles. The summed E-state index contributed by atoms with van der Waals surface area (Å²) in [6.07, 6.45) is 1.22. The molecule has 1 unspecified atom stereocenters. The molecular weight excluding hydrogens is 198 g/mol. The molecular formula is C10H21NO4. The molecule has 0 aliphatic rings.